The van der Waals surface area contributed by atoms with Gasteiger partial charge in [0.2, 0.25) is 0 Å². The Balaban J connectivity index is 1.72. The van der Waals surface area contributed by atoms with Crippen molar-refractivity contribution in [1.82, 2.24) is 4.98 Å². The second-order valence-electron chi connectivity index (χ2n) is 6.34. The minimum atomic E-state index is 0.232. The molecule has 3 aromatic carbocycles. The lowest BCUT2D eigenvalue weighted by Gasteiger charge is -2.02. The Labute approximate surface area is 178 Å². The molecular weight excluding hydrogens is 392 g/mol. The van der Waals surface area contributed by atoms with Crippen LogP contribution in [-0.2, 0) is 0 Å². The van der Waals surface area contributed by atoms with E-state index >= 15 is 0 Å². The molecular formula is C24H18N4OS. The average Bonchev–Trinajstić information content (AvgIpc) is 3.26. The largest absolute Gasteiger partial charge is 0.497 e. The molecule has 0 fully saturated rings. The van der Waals surface area contributed by atoms with Gasteiger partial charge in [0.1, 0.15) is 11.8 Å². The van der Waals surface area contributed by atoms with Crippen molar-refractivity contribution < 1.29 is 4.74 Å². The van der Waals surface area contributed by atoms with Crippen LogP contribution in [0, 0.1) is 11.3 Å². The first kappa shape index (κ1) is 19.4. The van der Waals surface area contributed by atoms with Crippen LogP contribution in [0.25, 0.3) is 21.7 Å². The van der Waals surface area contributed by atoms with Crippen LogP contribution in [0.4, 0.5) is 5.69 Å². The highest BCUT2D eigenvalue weighted by Crippen LogP contribution is 2.37. The topological polar surface area (TPSA) is 70.3 Å². The molecule has 146 valence electrons. The maximum Gasteiger partial charge on any atom is 0.196 e. The number of ether oxygens (including phenoxy) is 1. The van der Waals surface area contributed by atoms with Crippen molar-refractivity contribution in [2.75, 3.05) is 12.5 Å². The number of benzene rings is 3. The maximum atomic E-state index is 9.71. The van der Waals surface area contributed by atoms with Gasteiger partial charge in [0.05, 0.1) is 23.4 Å². The van der Waals surface area contributed by atoms with Gasteiger partial charge in [0.15, 0.2) is 10.7 Å². The predicted octanol–water partition coefficient (Wildman–Crippen LogP) is 5.83. The van der Waals surface area contributed by atoms with Gasteiger partial charge in [0.25, 0.3) is 0 Å². The summed E-state index contributed by atoms with van der Waals surface area (Å²) in [6.07, 6.45) is 0. The number of hydrazone groups is 1. The molecule has 0 radical (unpaired) electrons. The molecule has 0 aliphatic heterocycles. The Kier molecular flexibility index (Phi) is 5.83. The Morgan fingerprint density at radius 2 is 1.57 bits per heavy atom. The van der Waals surface area contributed by atoms with Gasteiger partial charge in [-0.05, 0) is 29.8 Å². The summed E-state index contributed by atoms with van der Waals surface area (Å²) in [4.78, 5) is 5.78. The summed E-state index contributed by atoms with van der Waals surface area (Å²) in [6, 6.07) is 29.5. The van der Waals surface area contributed by atoms with E-state index < -0.39 is 0 Å². The summed E-state index contributed by atoms with van der Waals surface area (Å²) in [5.41, 5.74) is 6.82. The summed E-state index contributed by atoms with van der Waals surface area (Å²) in [5, 5.41) is 14.6. The van der Waals surface area contributed by atoms with Crippen molar-refractivity contribution in [1.29, 1.82) is 5.26 Å². The lowest BCUT2D eigenvalue weighted by atomic mass is 10.1. The third kappa shape index (κ3) is 4.22. The Morgan fingerprint density at radius 1 is 0.933 bits per heavy atom. The first-order chi connectivity index (χ1) is 14.8. The maximum absolute atomic E-state index is 9.71. The van der Waals surface area contributed by atoms with E-state index in [9.17, 15) is 5.26 Å². The molecule has 4 rings (SSSR count). The quantitative estimate of drug-likeness (QED) is 0.321. The van der Waals surface area contributed by atoms with Crippen LogP contribution in [0.1, 0.15) is 5.01 Å². The van der Waals surface area contributed by atoms with E-state index in [1.807, 2.05) is 84.9 Å². The number of nitrogens with zero attached hydrogens (tertiary/aromatic N) is 3. The normalized spacial score (nSPS) is 11.0. The van der Waals surface area contributed by atoms with Gasteiger partial charge < -0.3 is 4.74 Å². The SMILES string of the molecule is COc1ccc(N/N=C(\C#N)c2nc(-c3ccccc3)c(-c3ccccc3)s2)cc1. The molecule has 1 heterocycles. The van der Waals surface area contributed by atoms with Gasteiger partial charge in [0, 0.05) is 5.56 Å². The molecule has 5 nitrogen and oxygen atoms in total. The first-order valence-electron chi connectivity index (χ1n) is 9.28. The zero-order chi connectivity index (χ0) is 20.8. The molecule has 1 aromatic heterocycles. The van der Waals surface area contributed by atoms with Crippen molar-refractivity contribution >= 4 is 22.7 Å². The minimum Gasteiger partial charge on any atom is -0.497 e. The summed E-state index contributed by atoms with van der Waals surface area (Å²) < 4.78 is 5.16. The van der Waals surface area contributed by atoms with Crippen LogP contribution in [0.15, 0.2) is 90.0 Å². The second kappa shape index (κ2) is 9.03. The summed E-state index contributed by atoms with van der Waals surface area (Å²) in [7, 11) is 1.62. The van der Waals surface area contributed by atoms with Gasteiger partial charge >= 0.3 is 0 Å². The van der Waals surface area contributed by atoms with Crippen LogP contribution >= 0.6 is 11.3 Å². The number of nitrogens with one attached hydrogen (secondary N) is 1. The minimum absolute atomic E-state index is 0.232. The molecule has 0 atom stereocenters. The third-order valence-corrected chi connectivity index (χ3v) is 5.52. The van der Waals surface area contributed by atoms with Gasteiger partial charge in [-0.3, -0.25) is 5.43 Å². The zero-order valence-corrected chi connectivity index (χ0v) is 17.1. The number of hydrogen-bond donors (Lipinski definition) is 1. The highest BCUT2D eigenvalue weighted by molar-refractivity contribution is 7.17. The van der Waals surface area contributed by atoms with Crippen LogP contribution < -0.4 is 10.2 Å². The standard InChI is InChI=1S/C24H18N4OS/c1-29-20-14-12-19(13-15-20)27-28-21(16-25)24-26-22(17-8-4-2-5-9-17)23(30-24)18-10-6-3-7-11-18/h2-15,27H,1H3/b28-21+. The number of aromatic nitrogens is 1. The number of methoxy groups -OCH3 is 1. The number of anilines is 1. The van der Waals surface area contributed by atoms with Crippen LogP contribution in [0.5, 0.6) is 5.75 Å². The number of thiazole rings is 1. The number of hydrogen-bond acceptors (Lipinski definition) is 6. The molecule has 0 aliphatic carbocycles. The summed E-state index contributed by atoms with van der Waals surface area (Å²) in [6.45, 7) is 0. The Morgan fingerprint density at radius 3 is 2.17 bits per heavy atom. The molecule has 0 aliphatic rings. The smallest absolute Gasteiger partial charge is 0.196 e. The number of nitriles is 1. The molecule has 1 N–H and O–H groups in total. The van der Waals surface area contributed by atoms with Gasteiger partial charge in [-0.15, -0.1) is 11.3 Å². The van der Waals surface area contributed by atoms with E-state index in [1.165, 1.54) is 11.3 Å². The van der Waals surface area contributed by atoms with Crippen molar-refractivity contribution in [3.8, 4) is 33.5 Å². The first-order valence-corrected chi connectivity index (χ1v) is 10.1. The van der Waals surface area contributed by atoms with Crippen molar-refractivity contribution in [2.45, 2.75) is 0 Å². The van der Waals surface area contributed by atoms with Crippen molar-refractivity contribution in [2.24, 2.45) is 5.10 Å². The monoisotopic (exact) mass is 410 g/mol. The fraction of sp³-hybridized carbons (Fsp3) is 0.0417. The summed E-state index contributed by atoms with van der Waals surface area (Å²) in [5.74, 6) is 0.755. The second-order valence-corrected chi connectivity index (χ2v) is 7.34. The van der Waals surface area contributed by atoms with Crippen LogP contribution in [-0.4, -0.2) is 17.8 Å². The molecule has 0 spiro atoms. The molecule has 6 heteroatoms. The van der Waals surface area contributed by atoms with E-state index in [-0.39, 0.29) is 5.71 Å². The zero-order valence-electron chi connectivity index (χ0n) is 16.2. The fourth-order valence-corrected chi connectivity index (χ4v) is 3.94. The predicted molar refractivity (Wildman–Crippen MR) is 122 cm³/mol. The van der Waals surface area contributed by atoms with Gasteiger partial charge in [-0.1, -0.05) is 60.7 Å². The lowest BCUT2D eigenvalue weighted by Crippen LogP contribution is -2.01. The van der Waals surface area contributed by atoms with Crippen molar-refractivity contribution in [3.05, 3.63) is 89.9 Å². The van der Waals surface area contributed by atoms with Crippen LogP contribution in [0.2, 0.25) is 0 Å². The molecule has 0 bridgehead atoms. The van der Waals surface area contributed by atoms with Gasteiger partial charge in [-0.2, -0.15) is 10.4 Å². The average molecular weight is 411 g/mol. The molecule has 0 saturated heterocycles. The molecule has 0 saturated carbocycles. The van der Waals surface area contributed by atoms with E-state index in [0.29, 0.717) is 5.01 Å². The summed E-state index contributed by atoms with van der Waals surface area (Å²) >= 11 is 1.46. The van der Waals surface area contributed by atoms with Crippen LogP contribution in [0.3, 0.4) is 0 Å². The Bertz CT molecular complexity index is 1140. The third-order valence-electron chi connectivity index (χ3n) is 4.41. The van der Waals surface area contributed by atoms with E-state index in [2.05, 4.69) is 16.6 Å². The lowest BCUT2D eigenvalue weighted by molar-refractivity contribution is 0.415. The molecule has 0 unspecified atom stereocenters. The highest BCUT2D eigenvalue weighted by Gasteiger charge is 2.18. The number of rotatable bonds is 6. The van der Waals surface area contributed by atoms with Crippen molar-refractivity contribution in [3.63, 3.8) is 0 Å². The molecule has 4 aromatic rings. The fourth-order valence-electron chi connectivity index (χ4n) is 2.90. The van der Waals surface area contributed by atoms with E-state index in [1.54, 1.807) is 7.11 Å². The molecule has 0 amide bonds. The Hall–Kier alpha value is -3.95. The highest BCUT2D eigenvalue weighted by atomic mass is 32.1. The van der Waals surface area contributed by atoms with E-state index in [4.69, 9.17) is 9.72 Å². The van der Waals surface area contributed by atoms with Gasteiger partial charge in [-0.25, -0.2) is 4.98 Å². The molecule has 30 heavy (non-hydrogen) atoms. The van der Waals surface area contributed by atoms with E-state index in [0.717, 1.165) is 33.1 Å².